The van der Waals surface area contributed by atoms with Gasteiger partial charge in [0.15, 0.2) is 0 Å². The molecular weight excluding hydrogens is 180 g/mol. The number of aromatic nitrogens is 1. The number of pyridine rings is 1. The lowest BCUT2D eigenvalue weighted by molar-refractivity contribution is -0.120. The summed E-state index contributed by atoms with van der Waals surface area (Å²) >= 11 is 0. The van der Waals surface area contributed by atoms with E-state index in [1.165, 1.54) is 0 Å². The highest BCUT2D eigenvalue weighted by Crippen LogP contribution is 2.27. The summed E-state index contributed by atoms with van der Waals surface area (Å²) in [5.74, 6) is 1.25. The molecule has 0 bridgehead atoms. The number of nitrogens with zero attached hydrogens (tertiary/aromatic N) is 1. The molecule has 1 aliphatic heterocycles. The molecule has 1 saturated heterocycles. The standard InChI is InChI=1S/C10H14N2O2/c1-10(5-13-6-10)7-14-8-2-3-12-9(11)4-8/h2-4H,5-7H2,1H3,(H2,11,12). The van der Waals surface area contributed by atoms with Gasteiger partial charge in [-0.25, -0.2) is 4.98 Å². The largest absolute Gasteiger partial charge is 0.493 e. The lowest BCUT2D eigenvalue weighted by Crippen LogP contribution is -2.44. The van der Waals surface area contributed by atoms with Gasteiger partial charge >= 0.3 is 0 Å². The van der Waals surface area contributed by atoms with Crippen molar-refractivity contribution in [1.29, 1.82) is 0 Å². The Hall–Kier alpha value is -1.29. The molecule has 2 rings (SSSR count). The lowest BCUT2D eigenvalue weighted by Gasteiger charge is -2.37. The van der Waals surface area contributed by atoms with Gasteiger partial charge in [0.25, 0.3) is 0 Å². The quantitative estimate of drug-likeness (QED) is 0.782. The first-order valence-electron chi connectivity index (χ1n) is 4.60. The monoisotopic (exact) mass is 194 g/mol. The van der Waals surface area contributed by atoms with Gasteiger partial charge in [-0.15, -0.1) is 0 Å². The van der Waals surface area contributed by atoms with Crippen molar-refractivity contribution >= 4 is 5.82 Å². The normalized spacial score (nSPS) is 18.6. The fraction of sp³-hybridized carbons (Fsp3) is 0.500. The van der Waals surface area contributed by atoms with Crippen LogP contribution in [0.4, 0.5) is 5.82 Å². The minimum Gasteiger partial charge on any atom is -0.493 e. The Morgan fingerprint density at radius 2 is 2.43 bits per heavy atom. The Morgan fingerprint density at radius 1 is 1.64 bits per heavy atom. The van der Waals surface area contributed by atoms with Gasteiger partial charge < -0.3 is 15.2 Å². The number of ether oxygens (including phenoxy) is 2. The number of hydrogen-bond acceptors (Lipinski definition) is 4. The van der Waals surface area contributed by atoms with Crippen molar-refractivity contribution in [2.24, 2.45) is 5.41 Å². The molecule has 0 saturated carbocycles. The van der Waals surface area contributed by atoms with Crippen LogP contribution in [0.2, 0.25) is 0 Å². The van der Waals surface area contributed by atoms with E-state index >= 15 is 0 Å². The molecule has 0 aliphatic carbocycles. The summed E-state index contributed by atoms with van der Waals surface area (Å²) in [5.41, 5.74) is 5.69. The van der Waals surface area contributed by atoms with E-state index in [2.05, 4.69) is 11.9 Å². The topological polar surface area (TPSA) is 57.4 Å². The summed E-state index contributed by atoms with van der Waals surface area (Å²) in [4.78, 5) is 3.89. The summed E-state index contributed by atoms with van der Waals surface area (Å²) in [5, 5.41) is 0. The summed E-state index contributed by atoms with van der Waals surface area (Å²) < 4.78 is 10.7. The van der Waals surface area contributed by atoms with Gasteiger partial charge in [-0.1, -0.05) is 6.92 Å². The molecule has 1 fully saturated rings. The Balaban J connectivity index is 1.91. The first-order chi connectivity index (χ1) is 6.68. The number of rotatable bonds is 3. The van der Waals surface area contributed by atoms with Crippen LogP contribution in [0, 0.1) is 5.41 Å². The lowest BCUT2D eigenvalue weighted by atomic mass is 9.90. The number of nitrogens with two attached hydrogens (primary N) is 1. The van der Waals surface area contributed by atoms with E-state index in [9.17, 15) is 0 Å². The molecule has 1 aliphatic rings. The second-order valence-electron chi connectivity index (χ2n) is 4.01. The minimum atomic E-state index is 0.165. The highest BCUT2D eigenvalue weighted by molar-refractivity contribution is 5.35. The molecule has 2 heterocycles. The number of hydrogen-bond donors (Lipinski definition) is 1. The van der Waals surface area contributed by atoms with Crippen molar-refractivity contribution in [3.8, 4) is 5.75 Å². The van der Waals surface area contributed by atoms with Crippen LogP contribution in [-0.2, 0) is 4.74 Å². The third-order valence-electron chi connectivity index (χ3n) is 2.24. The minimum absolute atomic E-state index is 0.165. The smallest absolute Gasteiger partial charge is 0.126 e. The van der Waals surface area contributed by atoms with E-state index in [0.29, 0.717) is 12.4 Å². The summed E-state index contributed by atoms with van der Waals surface area (Å²) in [6, 6.07) is 3.53. The third kappa shape index (κ3) is 1.96. The highest BCUT2D eigenvalue weighted by Gasteiger charge is 2.34. The maximum atomic E-state index is 5.59. The van der Waals surface area contributed by atoms with Gasteiger partial charge in [0.1, 0.15) is 11.6 Å². The molecule has 76 valence electrons. The van der Waals surface area contributed by atoms with E-state index in [-0.39, 0.29) is 5.41 Å². The Labute approximate surface area is 83.0 Å². The van der Waals surface area contributed by atoms with Crippen molar-refractivity contribution in [3.05, 3.63) is 18.3 Å². The molecule has 0 amide bonds. The zero-order valence-electron chi connectivity index (χ0n) is 8.19. The average molecular weight is 194 g/mol. The third-order valence-corrected chi connectivity index (χ3v) is 2.24. The van der Waals surface area contributed by atoms with Gasteiger partial charge in [-0.3, -0.25) is 0 Å². The van der Waals surface area contributed by atoms with Gasteiger partial charge in [-0.2, -0.15) is 0 Å². The fourth-order valence-electron chi connectivity index (χ4n) is 1.31. The van der Waals surface area contributed by atoms with Crippen LogP contribution in [0.3, 0.4) is 0 Å². The Bertz CT molecular complexity index is 324. The van der Waals surface area contributed by atoms with Crippen LogP contribution in [-0.4, -0.2) is 24.8 Å². The summed E-state index contributed by atoms with van der Waals surface area (Å²) in [6.07, 6.45) is 1.64. The van der Waals surface area contributed by atoms with E-state index in [4.69, 9.17) is 15.2 Å². The SMILES string of the molecule is CC1(COc2ccnc(N)c2)COC1. The maximum Gasteiger partial charge on any atom is 0.126 e. The van der Waals surface area contributed by atoms with Crippen molar-refractivity contribution in [1.82, 2.24) is 4.98 Å². The van der Waals surface area contributed by atoms with Crippen molar-refractivity contribution < 1.29 is 9.47 Å². The van der Waals surface area contributed by atoms with Crippen molar-refractivity contribution in [3.63, 3.8) is 0 Å². The molecule has 0 aromatic carbocycles. The summed E-state index contributed by atoms with van der Waals surface area (Å²) in [7, 11) is 0. The second-order valence-corrected chi connectivity index (χ2v) is 4.01. The zero-order valence-corrected chi connectivity index (χ0v) is 8.19. The average Bonchev–Trinajstić information content (AvgIpc) is 2.12. The molecule has 2 N–H and O–H groups in total. The van der Waals surface area contributed by atoms with E-state index in [0.717, 1.165) is 19.0 Å². The molecule has 4 nitrogen and oxygen atoms in total. The molecule has 4 heteroatoms. The highest BCUT2D eigenvalue weighted by atomic mass is 16.5. The van der Waals surface area contributed by atoms with Crippen molar-refractivity contribution in [2.45, 2.75) is 6.92 Å². The predicted octanol–water partition coefficient (Wildman–Crippen LogP) is 1.08. The van der Waals surface area contributed by atoms with Gasteiger partial charge in [0.05, 0.1) is 19.8 Å². The van der Waals surface area contributed by atoms with Crippen LogP contribution >= 0.6 is 0 Å². The first-order valence-corrected chi connectivity index (χ1v) is 4.60. The predicted molar refractivity (Wildman–Crippen MR) is 53.1 cm³/mol. The molecule has 14 heavy (non-hydrogen) atoms. The van der Waals surface area contributed by atoms with Crippen LogP contribution in [0.25, 0.3) is 0 Å². The summed E-state index contributed by atoms with van der Waals surface area (Å²) in [6.45, 7) is 4.35. The molecule has 1 aromatic heterocycles. The molecule has 1 aromatic rings. The van der Waals surface area contributed by atoms with Crippen molar-refractivity contribution in [2.75, 3.05) is 25.6 Å². The maximum absolute atomic E-state index is 5.59. The molecular formula is C10H14N2O2. The van der Waals surface area contributed by atoms with Crippen LogP contribution in [0.1, 0.15) is 6.92 Å². The Kier molecular flexibility index (Phi) is 2.29. The van der Waals surface area contributed by atoms with E-state index in [1.807, 2.05) is 0 Å². The Morgan fingerprint density at radius 3 is 3.00 bits per heavy atom. The number of anilines is 1. The van der Waals surface area contributed by atoms with Gasteiger partial charge in [0.2, 0.25) is 0 Å². The molecule has 0 unspecified atom stereocenters. The molecule has 0 spiro atoms. The van der Waals surface area contributed by atoms with E-state index in [1.54, 1.807) is 18.3 Å². The second kappa shape index (κ2) is 3.46. The first kappa shape index (κ1) is 9.27. The zero-order chi connectivity index (χ0) is 10.0. The van der Waals surface area contributed by atoms with Gasteiger partial charge in [0, 0.05) is 17.7 Å². The fourth-order valence-corrected chi connectivity index (χ4v) is 1.31. The number of nitrogen functional groups attached to an aromatic ring is 1. The van der Waals surface area contributed by atoms with E-state index < -0.39 is 0 Å². The molecule has 0 atom stereocenters. The van der Waals surface area contributed by atoms with Crippen LogP contribution < -0.4 is 10.5 Å². The van der Waals surface area contributed by atoms with Crippen LogP contribution in [0.5, 0.6) is 5.75 Å². The van der Waals surface area contributed by atoms with Gasteiger partial charge in [-0.05, 0) is 6.07 Å². The van der Waals surface area contributed by atoms with Crippen LogP contribution in [0.15, 0.2) is 18.3 Å². The molecule has 0 radical (unpaired) electrons.